The monoisotopic (exact) mass is 295 g/mol. The molecule has 0 aromatic heterocycles. The molecule has 1 aromatic rings. The number of carbonyl (C=O) groups is 1. The standard InChI is InChI=1S/C15H18ClNO3/c1-10(2)5-6-17-14(18)4-3-11-7-12(16)15-13(8-11)19-9-20-15/h3-4,7-8,10H,5-6,9H2,1-2H3,(H,17,18)/b4-3+. The van der Waals surface area contributed by atoms with E-state index in [4.69, 9.17) is 21.1 Å². The first-order valence-corrected chi connectivity index (χ1v) is 6.99. The van der Waals surface area contributed by atoms with Crippen LogP contribution in [0.2, 0.25) is 5.02 Å². The predicted molar refractivity (Wildman–Crippen MR) is 79.1 cm³/mol. The molecule has 0 bridgehead atoms. The fourth-order valence-electron chi connectivity index (χ4n) is 1.80. The fraction of sp³-hybridized carbons (Fsp3) is 0.400. The van der Waals surface area contributed by atoms with Gasteiger partial charge in [-0.1, -0.05) is 25.4 Å². The minimum absolute atomic E-state index is 0.112. The number of fused-ring (bicyclic) bond motifs is 1. The Morgan fingerprint density at radius 2 is 2.25 bits per heavy atom. The summed E-state index contributed by atoms with van der Waals surface area (Å²) < 4.78 is 10.5. The Hall–Kier alpha value is -1.68. The summed E-state index contributed by atoms with van der Waals surface area (Å²) in [4.78, 5) is 11.6. The number of carbonyl (C=O) groups excluding carboxylic acids is 1. The van der Waals surface area contributed by atoms with Crippen molar-refractivity contribution in [2.24, 2.45) is 5.92 Å². The van der Waals surface area contributed by atoms with E-state index in [-0.39, 0.29) is 12.7 Å². The van der Waals surface area contributed by atoms with Gasteiger partial charge < -0.3 is 14.8 Å². The van der Waals surface area contributed by atoms with Gasteiger partial charge >= 0.3 is 0 Å². The van der Waals surface area contributed by atoms with E-state index < -0.39 is 0 Å². The first kappa shape index (κ1) is 14.7. The molecule has 20 heavy (non-hydrogen) atoms. The fourth-order valence-corrected chi connectivity index (χ4v) is 2.07. The van der Waals surface area contributed by atoms with Crippen molar-refractivity contribution in [3.63, 3.8) is 0 Å². The van der Waals surface area contributed by atoms with Gasteiger partial charge in [-0.15, -0.1) is 0 Å². The van der Waals surface area contributed by atoms with E-state index in [2.05, 4.69) is 19.2 Å². The number of ether oxygens (including phenoxy) is 2. The summed E-state index contributed by atoms with van der Waals surface area (Å²) in [5.41, 5.74) is 0.804. The quantitative estimate of drug-likeness (QED) is 0.848. The molecule has 0 saturated heterocycles. The normalized spacial score (nSPS) is 13.2. The number of nitrogens with one attached hydrogen (secondary N) is 1. The predicted octanol–water partition coefficient (Wildman–Crippen LogP) is 3.24. The lowest BCUT2D eigenvalue weighted by atomic mass is 10.1. The Labute approximate surface area is 123 Å². The van der Waals surface area contributed by atoms with Crippen LogP contribution in [0.25, 0.3) is 6.08 Å². The van der Waals surface area contributed by atoms with Crippen LogP contribution < -0.4 is 14.8 Å². The zero-order chi connectivity index (χ0) is 14.5. The smallest absolute Gasteiger partial charge is 0.243 e. The molecule has 0 aliphatic carbocycles. The molecule has 1 heterocycles. The lowest BCUT2D eigenvalue weighted by Gasteiger charge is -2.04. The molecule has 2 rings (SSSR count). The van der Waals surface area contributed by atoms with Crippen LogP contribution in [0.5, 0.6) is 11.5 Å². The molecule has 1 N–H and O–H groups in total. The SMILES string of the molecule is CC(C)CCNC(=O)/C=C/c1cc(Cl)c2c(c1)OCO2. The Morgan fingerprint density at radius 3 is 3.00 bits per heavy atom. The average molecular weight is 296 g/mol. The lowest BCUT2D eigenvalue weighted by molar-refractivity contribution is -0.116. The molecule has 108 valence electrons. The number of hydrogen-bond acceptors (Lipinski definition) is 3. The second-order valence-corrected chi connectivity index (χ2v) is 5.45. The third kappa shape index (κ3) is 3.90. The third-order valence-electron chi connectivity index (χ3n) is 2.90. The van der Waals surface area contributed by atoms with Gasteiger partial charge in [-0.2, -0.15) is 0 Å². The van der Waals surface area contributed by atoms with Gasteiger partial charge in [-0.25, -0.2) is 0 Å². The molecular formula is C15H18ClNO3. The van der Waals surface area contributed by atoms with Crippen LogP contribution in [-0.4, -0.2) is 19.2 Å². The van der Waals surface area contributed by atoms with Crippen LogP contribution >= 0.6 is 11.6 Å². The largest absolute Gasteiger partial charge is 0.454 e. The summed E-state index contributed by atoms with van der Waals surface area (Å²) in [6.07, 6.45) is 4.17. The number of benzene rings is 1. The summed E-state index contributed by atoms with van der Waals surface area (Å²) >= 11 is 6.07. The summed E-state index contributed by atoms with van der Waals surface area (Å²) in [6.45, 7) is 5.11. The Bertz CT molecular complexity index is 526. The zero-order valence-corrected chi connectivity index (χ0v) is 12.4. The molecule has 4 nitrogen and oxygen atoms in total. The number of hydrogen-bond donors (Lipinski definition) is 1. The van der Waals surface area contributed by atoms with E-state index in [1.165, 1.54) is 6.08 Å². The van der Waals surface area contributed by atoms with Crippen molar-refractivity contribution in [1.29, 1.82) is 0 Å². The second-order valence-electron chi connectivity index (χ2n) is 5.04. The molecule has 0 unspecified atom stereocenters. The van der Waals surface area contributed by atoms with Crippen LogP contribution in [0, 0.1) is 5.92 Å². The molecule has 0 atom stereocenters. The summed E-state index contributed by atoms with van der Waals surface area (Å²) in [7, 11) is 0. The maximum absolute atomic E-state index is 11.6. The molecule has 5 heteroatoms. The molecule has 1 aliphatic rings. The van der Waals surface area contributed by atoms with Gasteiger partial charge in [0.15, 0.2) is 11.5 Å². The van der Waals surface area contributed by atoms with Crippen LogP contribution in [-0.2, 0) is 4.79 Å². The second kappa shape index (κ2) is 6.66. The summed E-state index contributed by atoms with van der Waals surface area (Å²) in [5, 5.41) is 3.32. The van der Waals surface area contributed by atoms with Crippen molar-refractivity contribution in [3.8, 4) is 11.5 Å². The van der Waals surface area contributed by atoms with Crippen LogP contribution in [0.3, 0.4) is 0 Å². The van der Waals surface area contributed by atoms with Gasteiger partial charge in [0.2, 0.25) is 12.7 Å². The van der Waals surface area contributed by atoms with E-state index in [1.807, 2.05) is 0 Å². The van der Waals surface area contributed by atoms with E-state index in [1.54, 1.807) is 18.2 Å². The maximum atomic E-state index is 11.6. The summed E-state index contributed by atoms with van der Waals surface area (Å²) in [6, 6.07) is 3.54. The molecule has 0 saturated carbocycles. The highest BCUT2D eigenvalue weighted by Crippen LogP contribution is 2.39. The van der Waals surface area contributed by atoms with Gasteiger partial charge in [-0.3, -0.25) is 4.79 Å². The average Bonchev–Trinajstić information content (AvgIpc) is 2.84. The van der Waals surface area contributed by atoms with Gasteiger partial charge in [0.1, 0.15) is 0 Å². The first-order valence-electron chi connectivity index (χ1n) is 6.61. The topological polar surface area (TPSA) is 47.6 Å². The van der Waals surface area contributed by atoms with Gasteiger partial charge in [0, 0.05) is 12.6 Å². The van der Waals surface area contributed by atoms with Gasteiger partial charge in [0.25, 0.3) is 0 Å². The minimum atomic E-state index is -0.112. The van der Waals surface area contributed by atoms with Crippen molar-refractivity contribution < 1.29 is 14.3 Å². The highest BCUT2D eigenvalue weighted by atomic mass is 35.5. The number of amides is 1. The van der Waals surface area contributed by atoms with E-state index in [0.717, 1.165) is 12.0 Å². The number of halogens is 1. The van der Waals surface area contributed by atoms with Gasteiger partial charge in [-0.05, 0) is 36.1 Å². The molecule has 0 fully saturated rings. The maximum Gasteiger partial charge on any atom is 0.243 e. The highest BCUT2D eigenvalue weighted by Gasteiger charge is 2.17. The Morgan fingerprint density at radius 1 is 1.45 bits per heavy atom. The number of rotatable bonds is 5. The Balaban J connectivity index is 1.94. The molecule has 0 spiro atoms. The highest BCUT2D eigenvalue weighted by molar-refractivity contribution is 6.32. The minimum Gasteiger partial charge on any atom is -0.454 e. The summed E-state index contributed by atoms with van der Waals surface area (Å²) in [5.74, 6) is 1.63. The lowest BCUT2D eigenvalue weighted by Crippen LogP contribution is -2.23. The Kier molecular flexibility index (Phi) is 4.90. The molecule has 0 radical (unpaired) electrons. The first-order chi connectivity index (χ1) is 9.56. The van der Waals surface area contributed by atoms with E-state index >= 15 is 0 Å². The van der Waals surface area contributed by atoms with Crippen LogP contribution in [0.1, 0.15) is 25.8 Å². The van der Waals surface area contributed by atoms with Crippen molar-refractivity contribution in [2.45, 2.75) is 20.3 Å². The third-order valence-corrected chi connectivity index (χ3v) is 3.18. The van der Waals surface area contributed by atoms with Crippen LogP contribution in [0.15, 0.2) is 18.2 Å². The van der Waals surface area contributed by atoms with Crippen molar-refractivity contribution in [1.82, 2.24) is 5.32 Å². The van der Waals surface area contributed by atoms with Gasteiger partial charge in [0.05, 0.1) is 5.02 Å². The van der Waals surface area contributed by atoms with E-state index in [0.29, 0.717) is 29.0 Å². The van der Waals surface area contributed by atoms with Crippen molar-refractivity contribution in [2.75, 3.05) is 13.3 Å². The molecule has 1 amide bonds. The van der Waals surface area contributed by atoms with Crippen molar-refractivity contribution in [3.05, 3.63) is 28.8 Å². The van der Waals surface area contributed by atoms with E-state index in [9.17, 15) is 4.79 Å². The zero-order valence-electron chi connectivity index (χ0n) is 11.6. The molecular weight excluding hydrogens is 278 g/mol. The molecule has 1 aliphatic heterocycles. The van der Waals surface area contributed by atoms with Crippen LogP contribution in [0.4, 0.5) is 0 Å². The molecule has 1 aromatic carbocycles. The van der Waals surface area contributed by atoms with Crippen molar-refractivity contribution >= 4 is 23.6 Å².